The average molecular weight is 1170 g/mol. The van der Waals surface area contributed by atoms with Gasteiger partial charge in [0.25, 0.3) is 31.9 Å². The monoisotopic (exact) mass is 1170 g/mol. The van der Waals surface area contributed by atoms with Gasteiger partial charge in [-0.3, -0.25) is 19.0 Å². The topological polar surface area (TPSA) is 245 Å². The molecule has 4 bridgehead atoms. The summed E-state index contributed by atoms with van der Waals surface area (Å²) in [5.74, 6) is 1.94. The van der Waals surface area contributed by atoms with E-state index in [4.69, 9.17) is 26.1 Å². The molecular formula is C57H76ClN13O8S2. The van der Waals surface area contributed by atoms with Crippen LogP contribution in [0.1, 0.15) is 165 Å². The lowest BCUT2D eigenvalue weighted by Crippen LogP contribution is -2.41. The first kappa shape index (κ1) is 57.9. The maximum atomic E-state index is 13.5. The van der Waals surface area contributed by atoms with E-state index in [1.54, 1.807) is 56.8 Å². The molecule has 0 radical (unpaired) electrons. The molecule has 5 aliphatic rings. The number of unbranched alkanes of at least 4 members (excludes halogenated alkanes) is 1. The zero-order chi connectivity index (χ0) is 57.4. The number of carbonyl (C=O) groups is 2. The number of rotatable bonds is 18. The highest BCUT2D eigenvalue weighted by Gasteiger charge is 2.42. The average Bonchev–Trinajstić information content (AvgIpc) is 3.89. The number of nitrogens with zero attached hydrogens (tertiary/aromatic N) is 11. The molecule has 1 saturated heterocycles. The summed E-state index contributed by atoms with van der Waals surface area (Å²) < 4.78 is 74.2. The van der Waals surface area contributed by atoms with E-state index in [0.717, 1.165) is 63.8 Å². The summed E-state index contributed by atoms with van der Waals surface area (Å²) in [6, 6.07) is 9.81. The molecule has 3 saturated carbocycles. The third kappa shape index (κ3) is 14.5. The predicted molar refractivity (Wildman–Crippen MR) is 305 cm³/mol. The van der Waals surface area contributed by atoms with Crippen LogP contribution in [0.3, 0.4) is 0 Å². The van der Waals surface area contributed by atoms with Crippen LogP contribution in [0, 0.1) is 28.1 Å². The minimum Gasteiger partial charge on any atom is -0.477 e. The molecule has 4 fully saturated rings. The fraction of sp³-hybridized carbons (Fsp3) is 0.579. The van der Waals surface area contributed by atoms with Crippen molar-refractivity contribution in [2.75, 3.05) is 24.7 Å². The molecule has 11 rings (SSSR count). The van der Waals surface area contributed by atoms with Crippen LogP contribution >= 0.6 is 11.6 Å². The van der Waals surface area contributed by atoms with Crippen molar-refractivity contribution in [2.45, 2.75) is 173 Å². The SMILES string of the molecule is CC1(C)CCC(CCCCn2cc(S(=O)(=O)NC(=O)c3ccc(-n4ccc(OCCC5(C)CC5)n4)nc3Cl)cn2)C1.CC1(CCOc2ccn(-c3ccc4c(n3)N3CC(CCCCn5cc(cn5)S(=O)(=O)NC4=O)CC3(C)C)n2)CC1. The Kier molecular flexibility index (Phi) is 16.5. The van der Waals surface area contributed by atoms with Crippen LogP contribution in [-0.2, 0) is 33.1 Å². The number of aromatic nitrogens is 10. The van der Waals surface area contributed by atoms with Crippen LogP contribution < -0.4 is 23.8 Å². The fourth-order valence-corrected chi connectivity index (χ4v) is 13.4. The van der Waals surface area contributed by atoms with Gasteiger partial charge < -0.3 is 14.4 Å². The molecule has 3 aliphatic carbocycles. The van der Waals surface area contributed by atoms with E-state index in [-0.39, 0.29) is 31.6 Å². The third-order valence-electron chi connectivity index (χ3n) is 17.0. The van der Waals surface area contributed by atoms with E-state index in [9.17, 15) is 26.4 Å². The largest absolute Gasteiger partial charge is 0.477 e. The van der Waals surface area contributed by atoms with Crippen LogP contribution in [0.4, 0.5) is 5.82 Å². The Morgan fingerprint density at radius 2 is 1.47 bits per heavy atom. The van der Waals surface area contributed by atoms with Crippen molar-refractivity contribution < 1.29 is 35.9 Å². The normalized spacial score (nSPS) is 21.1. The number of pyridine rings is 2. The van der Waals surface area contributed by atoms with Gasteiger partial charge in [-0.2, -0.15) is 10.2 Å². The summed E-state index contributed by atoms with van der Waals surface area (Å²) in [5.41, 5.74) is 1.12. The first-order valence-corrected chi connectivity index (χ1v) is 31.8. The van der Waals surface area contributed by atoms with Gasteiger partial charge in [-0.15, -0.1) is 10.2 Å². The predicted octanol–water partition coefficient (Wildman–Crippen LogP) is 9.74. The number of anilines is 1. The number of hydrogen-bond donors (Lipinski definition) is 2. The quantitative estimate of drug-likeness (QED) is 0.0601. The molecule has 2 amide bonds. The van der Waals surface area contributed by atoms with Crippen LogP contribution in [0.15, 0.2) is 83.4 Å². The van der Waals surface area contributed by atoms with Crippen molar-refractivity contribution in [3.05, 3.63) is 89.9 Å². The summed E-state index contributed by atoms with van der Waals surface area (Å²) in [7, 11) is -8.25. The second kappa shape index (κ2) is 23.1. The molecule has 8 heterocycles. The summed E-state index contributed by atoms with van der Waals surface area (Å²) in [6.45, 7) is 16.7. The molecule has 2 unspecified atom stereocenters. The van der Waals surface area contributed by atoms with Gasteiger partial charge in [0.2, 0.25) is 11.8 Å². The lowest BCUT2D eigenvalue weighted by atomic mass is 9.89. The lowest BCUT2D eigenvalue weighted by Gasteiger charge is -2.34. The smallest absolute Gasteiger partial charge is 0.268 e. The van der Waals surface area contributed by atoms with Crippen LogP contribution in [0.2, 0.25) is 5.15 Å². The number of hydrogen-bond acceptors (Lipinski definition) is 15. The Morgan fingerprint density at radius 1 is 0.802 bits per heavy atom. The maximum Gasteiger partial charge on any atom is 0.268 e. The summed E-state index contributed by atoms with van der Waals surface area (Å²) in [5, 5.41) is 17.1. The number of halogens is 1. The summed E-state index contributed by atoms with van der Waals surface area (Å²) in [6.07, 6.45) is 26.8. The summed E-state index contributed by atoms with van der Waals surface area (Å²) in [4.78, 5) is 37.5. The molecule has 6 aromatic heterocycles. The van der Waals surface area contributed by atoms with E-state index >= 15 is 0 Å². The van der Waals surface area contributed by atoms with E-state index < -0.39 is 31.9 Å². The van der Waals surface area contributed by atoms with E-state index in [1.807, 2.05) is 0 Å². The minimum absolute atomic E-state index is 0.0382. The van der Waals surface area contributed by atoms with Crippen molar-refractivity contribution in [3.8, 4) is 23.4 Å². The molecule has 2 N–H and O–H groups in total. The second-order valence-corrected chi connectivity index (χ2v) is 28.8. The van der Waals surface area contributed by atoms with Crippen LogP contribution in [0.25, 0.3) is 11.6 Å². The number of ether oxygens (including phenoxy) is 2. The van der Waals surface area contributed by atoms with Crippen molar-refractivity contribution in [1.82, 2.24) is 58.5 Å². The van der Waals surface area contributed by atoms with Gasteiger partial charge in [-0.25, -0.2) is 45.6 Å². The third-order valence-corrected chi connectivity index (χ3v) is 19.8. The van der Waals surface area contributed by atoms with Gasteiger partial charge in [-0.05, 0) is 150 Å². The highest BCUT2D eigenvalue weighted by Crippen LogP contribution is 2.49. The molecule has 436 valence electrons. The van der Waals surface area contributed by atoms with E-state index in [1.165, 1.54) is 86.9 Å². The van der Waals surface area contributed by atoms with E-state index in [0.29, 0.717) is 77.7 Å². The number of nitrogens with one attached hydrogen (secondary N) is 2. The molecule has 0 spiro atoms. The zero-order valence-corrected chi connectivity index (χ0v) is 49.7. The molecule has 2 atom stereocenters. The standard InChI is InChI=1S/C29H39ClN6O4S.C28H37N7O4S/c1-28(2)11-9-21(18-28)6-4-5-15-35-20-22(19-31-35)41(38,39)34-27(37)23-7-8-24(32-26(23)30)36-16-10-25(33-36)40-17-14-29(3)12-13-29;1-27(2)16-20-6-4-5-13-33-19-21(17-29-33)40(37,38)32-26(36)22-7-8-23(30-25(22)34(27)18-20)35-14-9-24(31-35)39-15-12-28(3)10-11-28/h7-8,10,16,19-21H,4-6,9,11-15,17-18H2,1-3H3,(H,34,37);7-9,14,17,19-20H,4-6,10-13,15-16,18H2,1-3H3,(H,32,36). The maximum absolute atomic E-state index is 13.5. The number of amides is 2. The Balaban J connectivity index is 0.000000182. The Hall–Kier alpha value is -6.33. The highest BCUT2D eigenvalue weighted by molar-refractivity contribution is 7.90. The molecule has 24 heteroatoms. The summed E-state index contributed by atoms with van der Waals surface area (Å²) >= 11 is 6.28. The van der Waals surface area contributed by atoms with Crippen molar-refractivity contribution >= 4 is 49.3 Å². The molecule has 6 aromatic rings. The van der Waals surface area contributed by atoms with E-state index in [2.05, 4.69) is 81.3 Å². The Morgan fingerprint density at radius 3 is 2.11 bits per heavy atom. The molecular weight excluding hydrogens is 1090 g/mol. The van der Waals surface area contributed by atoms with Gasteiger partial charge >= 0.3 is 0 Å². The Bertz CT molecular complexity index is 3470. The van der Waals surface area contributed by atoms with Crippen LogP contribution in [0.5, 0.6) is 11.8 Å². The number of fused-ring (bicyclic) bond motifs is 6. The first-order valence-electron chi connectivity index (χ1n) is 28.5. The van der Waals surface area contributed by atoms with Gasteiger partial charge in [0.1, 0.15) is 20.8 Å². The fourth-order valence-electron chi connectivity index (χ4n) is 11.3. The molecule has 0 aromatic carbocycles. The minimum atomic E-state index is -4.14. The second-order valence-electron chi connectivity index (χ2n) is 25.1. The Labute approximate surface area is 480 Å². The van der Waals surface area contributed by atoms with Crippen molar-refractivity contribution in [2.24, 2.45) is 28.1 Å². The van der Waals surface area contributed by atoms with Gasteiger partial charge in [0, 0.05) is 62.1 Å². The van der Waals surface area contributed by atoms with Gasteiger partial charge in [-0.1, -0.05) is 58.6 Å². The van der Waals surface area contributed by atoms with Gasteiger partial charge in [0.15, 0.2) is 11.6 Å². The first-order chi connectivity index (χ1) is 38.4. The van der Waals surface area contributed by atoms with Crippen molar-refractivity contribution in [3.63, 3.8) is 0 Å². The lowest BCUT2D eigenvalue weighted by molar-refractivity contribution is 0.0972. The number of carbonyl (C=O) groups excluding carboxylic acids is 2. The molecule has 21 nitrogen and oxygen atoms in total. The number of sulfonamides is 2. The highest BCUT2D eigenvalue weighted by atomic mass is 35.5. The number of aryl methyl sites for hydroxylation is 2. The van der Waals surface area contributed by atoms with Gasteiger partial charge in [0.05, 0.1) is 36.7 Å². The molecule has 81 heavy (non-hydrogen) atoms. The van der Waals surface area contributed by atoms with Crippen molar-refractivity contribution in [1.29, 1.82) is 0 Å². The zero-order valence-electron chi connectivity index (χ0n) is 47.3. The molecule has 2 aliphatic heterocycles. The van der Waals surface area contributed by atoms with Crippen LogP contribution in [-0.4, -0.2) is 103 Å².